The maximum absolute atomic E-state index is 12.9. The van der Waals surface area contributed by atoms with E-state index in [9.17, 15) is 19.1 Å². The van der Waals surface area contributed by atoms with Gasteiger partial charge in [0.1, 0.15) is 5.56 Å². The molecule has 0 aliphatic heterocycles. The number of rotatable bonds is 3. The van der Waals surface area contributed by atoms with Crippen molar-refractivity contribution in [2.75, 3.05) is 5.32 Å². The van der Waals surface area contributed by atoms with E-state index in [1.54, 1.807) is 0 Å². The number of aromatic carboxylic acids is 1. The van der Waals surface area contributed by atoms with Crippen LogP contribution in [0.1, 0.15) is 20.7 Å². The number of hydrogen-bond acceptors (Lipinski definition) is 4. The van der Waals surface area contributed by atoms with Crippen LogP contribution in [-0.4, -0.2) is 27.1 Å². The lowest BCUT2D eigenvalue weighted by atomic mass is 10.1. The van der Waals surface area contributed by atoms with Crippen molar-refractivity contribution in [1.82, 2.24) is 4.98 Å². The normalized spacial score (nSPS) is 10.1. The zero-order valence-electron chi connectivity index (χ0n) is 10.0. The minimum atomic E-state index is -1.33. The largest absolute Gasteiger partial charge is 0.505 e. The second-order valence-electron chi connectivity index (χ2n) is 3.83. The Kier molecular flexibility index (Phi) is 3.60. The van der Waals surface area contributed by atoms with E-state index in [2.05, 4.69) is 10.3 Å². The Bertz CT molecular complexity index is 688. The number of halogens is 1. The van der Waals surface area contributed by atoms with Gasteiger partial charge in [-0.2, -0.15) is 4.39 Å². The molecule has 0 saturated carbocycles. The fraction of sp³-hybridized carbons (Fsp3) is 0. The average molecular weight is 276 g/mol. The number of aromatic nitrogens is 1. The number of aromatic hydroxyl groups is 1. The number of nitrogens with zero attached hydrogens (tertiary/aromatic N) is 1. The maximum atomic E-state index is 12.9. The summed E-state index contributed by atoms with van der Waals surface area (Å²) in [5, 5.41) is 20.9. The summed E-state index contributed by atoms with van der Waals surface area (Å²) >= 11 is 0. The van der Waals surface area contributed by atoms with Gasteiger partial charge in [-0.1, -0.05) is 6.07 Å². The van der Waals surface area contributed by atoms with Gasteiger partial charge < -0.3 is 15.5 Å². The van der Waals surface area contributed by atoms with Crippen LogP contribution in [0.5, 0.6) is 5.75 Å². The second-order valence-corrected chi connectivity index (χ2v) is 3.83. The predicted molar refractivity (Wildman–Crippen MR) is 67.2 cm³/mol. The van der Waals surface area contributed by atoms with Crippen molar-refractivity contribution in [2.45, 2.75) is 0 Å². The smallest absolute Gasteiger partial charge is 0.339 e. The first-order chi connectivity index (χ1) is 9.49. The maximum Gasteiger partial charge on any atom is 0.339 e. The molecule has 3 N–H and O–H groups in total. The van der Waals surface area contributed by atoms with E-state index in [1.165, 1.54) is 24.3 Å². The van der Waals surface area contributed by atoms with Crippen LogP contribution in [0.25, 0.3) is 0 Å². The first-order valence-corrected chi connectivity index (χ1v) is 5.47. The van der Waals surface area contributed by atoms with Gasteiger partial charge in [-0.05, 0) is 18.2 Å². The van der Waals surface area contributed by atoms with Crippen LogP contribution < -0.4 is 5.32 Å². The zero-order valence-corrected chi connectivity index (χ0v) is 10.0. The Morgan fingerprint density at radius 2 is 2.00 bits per heavy atom. The van der Waals surface area contributed by atoms with Crippen molar-refractivity contribution in [1.29, 1.82) is 0 Å². The Balaban J connectivity index is 2.29. The summed E-state index contributed by atoms with van der Waals surface area (Å²) in [6, 6.07) is 6.10. The molecule has 20 heavy (non-hydrogen) atoms. The number of phenols is 1. The molecular formula is C13H9FN2O4. The standard InChI is InChI=1S/C13H9FN2O4/c14-10-6-7(4-5-15-10)12(18)16-9-3-1-2-8(11(9)17)13(19)20/h1-6,17H,(H,16,18)(H,19,20). The first kappa shape index (κ1) is 13.5. The van der Waals surface area contributed by atoms with Crippen LogP contribution in [0.2, 0.25) is 0 Å². The van der Waals surface area contributed by atoms with E-state index < -0.39 is 23.6 Å². The van der Waals surface area contributed by atoms with Gasteiger partial charge in [-0.25, -0.2) is 9.78 Å². The fourth-order valence-electron chi connectivity index (χ4n) is 1.56. The minimum absolute atomic E-state index is 0.00220. The molecule has 1 aromatic heterocycles. The van der Waals surface area contributed by atoms with Gasteiger partial charge in [0.2, 0.25) is 5.95 Å². The highest BCUT2D eigenvalue weighted by atomic mass is 19.1. The quantitative estimate of drug-likeness (QED) is 0.587. The number of carboxylic acid groups (broad SMARTS) is 1. The lowest BCUT2D eigenvalue weighted by molar-refractivity contribution is 0.0693. The second kappa shape index (κ2) is 5.35. The third-order valence-corrected chi connectivity index (χ3v) is 2.50. The first-order valence-electron chi connectivity index (χ1n) is 5.47. The molecule has 7 heteroatoms. The van der Waals surface area contributed by atoms with E-state index in [0.29, 0.717) is 0 Å². The monoisotopic (exact) mass is 276 g/mol. The van der Waals surface area contributed by atoms with Gasteiger partial charge in [0.05, 0.1) is 5.69 Å². The van der Waals surface area contributed by atoms with E-state index in [4.69, 9.17) is 5.11 Å². The third-order valence-electron chi connectivity index (χ3n) is 2.50. The van der Waals surface area contributed by atoms with Gasteiger partial charge >= 0.3 is 5.97 Å². The molecule has 0 unspecified atom stereocenters. The van der Waals surface area contributed by atoms with Crippen molar-refractivity contribution in [3.63, 3.8) is 0 Å². The molecule has 2 aromatic rings. The molecule has 0 atom stereocenters. The zero-order chi connectivity index (χ0) is 14.7. The number of carbonyl (C=O) groups is 2. The number of anilines is 1. The minimum Gasteiger partial charge on any atom is -0.505 e. The highest BCUT2D eigenvalue weighted by Crippen LogP contribution is 2.27. The Hall–Kier alpha value is -2.96. The molecule has 2 rings (SSSR count). The molecule has 1 amide bonds. The summed E-state index contributed by atoms with van der Waals surface area (Å²) in [5.41, 5.74) is -0.423. The number of pyridine rings is 1. The van der Waals surface area contributed by atoms with Gasteiger partial charge in [0, 0.05) is 17.8 Å². The van der Waals surface area contributed by atoms with Crippen LogP contribution >= 0.6 is 0 Å². The van der Waals surface area contributed by atoms with Crippen LogP contribution in [0.4, 0.5) is 10.1 Å². The molecular weight excluding hydrogens is 267 g/mol. The summed E-state index contributed by atoms with van der Waals surface area (Å²) in [6.45, 7) is 0. The van der Waals surface area contributed by atoms with Crippen LogP contribution in [-0.2, 0) is 0 Å². The average Bonchev–Trinajstić information content (AvgIpc) is 2.40. The van der Waals surface area contributed by atoms with Crippen LogP contribution in [0, 0.1) is 5.95 Å². The topological polar surface area (TPSA) is 99.5 Å². The molecule has 6 nitrogen and oxygen atoms in total. The van der Waals surface area contributed by atoms with Crippen molar-refractivity contribution in [2.24, 2.45) is 0 Å². The number of benzene rings is 1. The summed E-state index contributed by atoms with van der Waals surface area (Å²) in [5.74, 6) is -3.40. The van der Waals surface area contributed by atoms with E-state index >= 15 is 0 Å². The molecule has 0 aliphatic rings. The molecule has 1 heterocycles. The number of para-hydroxylation sites is 1. The van der Waals surface area contributed by atoms with Gasteiger partial charge in [0.25, 0.3) is 5.91 Å². The number of carbonyl (C=O) groups excluding carboxylic acids is 1. The summed E-state index contributed by atoms with van der Waals surface area (Å²) in [6.07, 6.45) is 1.12. The number of amides is 1. The molecule has 0 bridgehead atoms. The lowest BCUT2D eigenvalue weighted by Crippen LogP contribution is -2.13. The van der Waals surface area contributed by atoms with Gasteiger partial charge in [-0.3, -0.25) is 4.79 Å². The van der Waals surface area contributed by atoms with Crippen molar-refractivity contribution in [3.05, 3.63) is 53.6 Å². The fourth-order valence-corrected chi connectivity index (χ4v) is 1.56. The van der Waals surface area contributed by atoms with Crippen LogP contribution in [0.15, 0.2) is 36.5 Å². The highest BCUT2D eigenvalue weighted by molar-refractivity contribution is 6.06. The third kappa shape index (κ3) is 2.72. The van der Waals surface area contributed by atoms with E-state index in [1.807, 2.05) is 0 Å². The lowest BCUT2D eigenvalue weighted by Gasteiger charge is -2.09. The summed E-state index contributed by atoms with van der Waals surface area (Å²) in [7, 11) is 0. The molecule has 0 saturated heterocycles. The van der Waals surface area contributed by atoms with Crippen molar-refractivity contribution in [3.8, 4) is 5.75 Å². The summed E-state index contributed by atoms with van der Waals surface area (Å²) in [4.78, 5) is 26.0. The molecule has 0 radical (unpaired) electrons. The predicted octanol–water partition coefficient (Wildman–Crippen LogP) is 1.88. The van der Waals surface area contributed by atoms with Crippen LogP contribution in [0.3, 0.4) is 0 Å². The summed E-state index contributed by atoms with van der Waals surface area (Å²) < 4.78 is 12.9. The molecule has 0 aliphatic carbocycles. The number of nitrogens with one attached hydrogen (secondary N) is 1. The van der Waals surface area contributed by atoms with E-state index in [0.717, 1.165) is 12.3 Å². The molecule has 0 fully saturated rings. The molecule has 0 spiro atoms. The van der Waals surface area contributed by atoms with Gasteiger partial charge in [0.15, 0.2) is 5.75 Å². The van der Waals surface area contributed by atoms with E-state index in [-0.39, 0.29) is 16.8 Å². The Morgan fingerprint density at radius 1 is 1.25 bits per heavy atom. The Morgan fingerprint density at radius 3 is 2.65 bits per heavy atom. The van der Waals surface area contributed by atoms with Gasteiger partial charge in [-0.15, -0.1) is 0 Å². The molecule has 102 valence electrons. The number of hydrogen-bond donors (Lipinski definition) is 3. The highest BCUT2D eigenvalue weighted by Gasteiger charge is 2.15. The van der Waals surface area contributed by atoms with Crippen molar-refractivity contribution < 1.29 is 24.2 Å². The Labute approximate surface area is 112 Å². The van der Waals surface area contributed by atoms with Crippen molar-refractivity contribution >= 4 is 17.6 Å². The number of carboxylic acids is 1. The SMILES string of the molecule is O=C(Nc1cccc(C(=O)O)c1O)c1ccnc(F)c1. The molecule has 1 aromatic carbocycles.